The van der Waals surface area contributed by atoms with E-state index in [1.54, 1.807) is 11.0 Å². The molecule has 32 heavy (non-hydrogen) atoms. The first-order chi connectivity index (χ1) is 15.2. The molecule has 1 atom stereocenters. The highest BCUT2D eigenvalue weighted by atomic mass is 32.2. The van der Waals surface area contributed by atoms with Gasteiger partial charge in [-0.15, -0.1) is 0 Å². The van der Waals surface area contributed by atoms with Crippen LogP contribution >= 0.6 is 0 Å². The molecule has 0 radical (unpaired) electrons. The molecule has 0 spiro atoms. The fourth-order valence-corrected chi connectivity index (χ4v) is 5.69. The molecule has 1 N–H and O–H groups in total. The molecule has 8 heteroatoms. The number of fused-ring (bicyclic) bond motifs is 1. The fourth-order valence-electron chi connectivity index (χ4n) is 4.45. The lowest BCUT2D eigenvalue weighted by Gasteiger charge is -2.37. The topological polar surface area (TPSA) is 84.9 Å². The van der Waals surface area contributed by atoms with Gasteiger partial charge in [0, 0.05) is 25.1 Å². The third-order valence-electron chi connectivity index (χ3n) is 6.03. The molecule has 1 saturated heterocycles. The lowest BCUT2D eigenvalue weighted by molar-refractivity contribution is 0.0701. The van der Waals surface area contributed by atoms with E-state index in [1.807, 2.05) is 38.1 Å². The normalized spacial score (nSPS) is 20.2. The van der Waals surface area contributed by atoms with Crippen molar-refractivity contribution < 1.29 is 22.7 Å². The van der Waals surface area contributed by atoms with Crippen LogP contribution in [0.1, 0.15) is 61.5 Å². The Hall–Kier alpha value is -2.58. The van der Waals surface area contributed by atoms with E-state index < -0.39 is 21.7 Å². The Labute approximate surface area is 189 Å². The van der Waals surface area contributed by atoms with Gasteiger partial charge in [-0.1, -0.05) is 18.2 Å². The molecule has 2 aromatic rings. The van der Waals surface area contributed by atoms with E-state index in [0.717, 1.165) is 24.8 Å². The second-order valence-electron chi connectivity index (χ2n) is 8.99. The van der Waals surface area contributed by atoms with Gasteiger partial charge in [0.25, 0.3) is 5.91 Å². The molecule has 1 fully saturated rings. The van der Waals surface area contributed by atoms with E-state index >= 15 is 0 Å². The van der Waals surface area contributed by atoms with Gasteiger partial charge in [-0.05, 0) is 57.4 Å². The molecule has 0 aromatic heterocycles. The monoisotopic (exact) mass is 458 g/mol. The Morgan fingerprint density at radius 1 is 1.12 bits per heavy atom. The number of carbonyl (C=O) groups is 1. The predicted octanol–water partition coefficient (Wildman–Crippen LogP) is 3.90. The minimum atomic E-state index is -3.90. The number of nitrogens with one attached hydrogen (secondary N) is 1. The highest BCUT2D eigenvalue weighted by molar-refractivity contribution is 7.89. The van der Waals surface area contributed by atoms with Gasteiger partial charge in [-0.2, -0.15) is 0 Å². The minimum absolute atomic E-state index is 0.0421. The van der Waals surface area contributed by atoms with Crippen LogP contribution in [0.4, 0.5) is 0 Å². The molecule has 0 aliphatic carbocycles. The van der Waals surface area contributed by atoms with Gasteiger partial charge >= 0.3 is 0 Å². The van der Waals surface area contributed by atoms with E-state index in [9.17, 15) is 13.2 Å². The van der Waals surface area contributed by atoms with Gasteiger partial charge in [-0.3, -0.25) is 4.79 Å². The lowest BCUT2D eigenvalue weighted by atomic mass is 9.90. The van der Waals surface area contributed by atoms with Crippen LogP contribution in [-0.4, -0.2) is 45.0 Å². The number of nitrogens with zero attached hydrogens (tertiary/aromatic N) is 1. The predicted molar refractivity (Wildman–Crippen MR) is 122 cm³/mol. The lowest BCUT2D eigenvalue weighted by Crippen LogP contribution is -2.41. The van der Waals surface area contributed by atoms with Crippen LogP contribution < -0.4 is 14.2 Å². The molecular weight excluding hydrogens is 428 g/mol. The van der Waals surface area contributed by atoms with E-state index in [2.05, 4.69) is 4.72 Å². The molecule has 172 valence electrons. The van der Waals surface area contributed by atoms with E-state index in [4.69, 9.17) is 9.47 Å². The third kappa shape index (κ3) is 4.61. The number of rotatable bonds is 5. The molecule has 1 unspecified atom stereocenters. The van der Waals surface area contributed by atoms with Crippen LogP contribution in [-0.2, 0) is 10.0 Å². The average Bonchev–Trinajstić information content (AvgIpc) is 2.77. The van der Waals surface area contributed by atoms with Gasteiger partial charge in [-0.25, -0.2) is 13.1 Å². The summed E-state index contributed by atoms with van der Waals surface area (Å²) in [5.74, 6) is 0.848. The Bertz CT molecular complexity index is 1110. The van der Waals surface area contributed by atoms with Gasteiger partial charge in [0.2, 0.25) is 10.0 Å². The molecule has 0 saturated carbocycles. The van der Waals surface area contributed by atoms with Gasteiger partial charge in [0.1, 0.15) is 17.1 Å². The van der Waals surface area contributed by atoms with Gasteiger partial charge < -0.3 is 14.4 Å². The van der Waals surface area contributed by atoms with E-state index in [1.165, 1.54) is 19.2 Å². The number of hydrogen-bond donors (Lipinski definition) is 1. The standard InChI is InChI=1S/C24H30N2O5S/c1-24(2)16-20(18-9-5-6-10-22(18)31-24)25-32(28,29)17-11-12-21(30-3)19(15-17)23(27)26-13-7-4-8-14-26/h5-6,9-12,15,20,25H,4,7-8,13-14,16H2,1-3H3. The number of sulfonamides is 1. The number of amides is 1. The van der Waals surface area contributed by atoms with Crippen LogP contribution in [0.25, 0.3) is 0 Å². The largest absolute Gasteiger partial charge is 0.496 e. The highest BCUT2D eigenvalue weighted by Crippen LogP contribution is 2.40. The van der Waals surface area contributed by atoms with Crippen molar-refractivity contribution in [1.82, 2.24) is 9.62 Å². The van der Waals surface area contributed by atoms with Crippen LogP contribution in [0.5, 0.6) is 11.5 Å². The molecule has 7 nitrogen and oxygen atoms in total. The molecule has 2 aliphatic rings. The maximum absolute atomic E-state index is 13.4. The minimum Gasteiger partial charge on any atom is -0.496 e. The Balaban J connectivity index is 1.65. The summed E-state index contributed by atoms with van der Waals surface area (Å²) < 4.78 is 40.9. The summed E-state index contributed by atoms with van der Waals surface area (Å²) in [4.78, 5) is 14.9. The average molecular weight is 459 g/mol. The van der Waals surface area contributed by atoms with Crippen molar-refractivity contribution in [2.45, 2.75) is 56.1 Å². The highest BCUT2D eigenvalue weighted by Gasteiger charge is 2.36. The summed E-state index contributed by atoms with van der Waals surface area (Å²) >= 11 is 0. The SMILES string of the molecule is COc1ccc(S(=O)(=O)NC2CC(C)(C)Oc3ccccc32)cc1C(=O)N1CCCCC1. The summed E-state index contributed by atoms with van der Waals surface area (Å²) in [6, 6.07) is 11.5. The fraction of sp³-hybridized carbons (Fsp3) is 0.458. The molecule has 4 rings (SSSR count). The number of hydrogen-bond acceptors (Lipinski definition) is 5. The maximum atomic E-state index is 13.4. The summed E-state index contributed by atoms with van der Waals surface area (Å²) in [5, 5.41) is 0. The summed E-state index contributed by atoms with van der Waals surface area (Å²) in [7, 11) is -2.41. The summed E-state index contributed by atoms with van der Waals surface area (Å²) in [6.07, 6.45) is 3.49. The zero-order chi connectivity index (χ0) is 22.9. The number of piperidine rings is 1. The van der Waals surface area contributed by atoms with Crippen molar-refractivity contribution in [2.75, 3.05) is 20.2 Å². The Morgan fingerprint density at radius 2 is 1.84 bits per heavy atom. The number of benzene rings is 2. The number of ether oxygens (including phenoxy) is 2. The van der Waals surface area contributed by atoms with Crippen molar-refractivity contribution in [3.05, 3.63) is 53.6 Å². The van der Waals surface area contributed by atoms with Crippen molar-refractivity contribution in [2.24, 2.45) is 0 Å². The first-order valence-corrected chi connectivity index (χ1v) is 12.5. The molecule has 2 aliphatic heterocycles. The number of likely N-dealkylation sites (tertiary alicyclic amines) is 1. The van der Waals surface area contributed by atoms with Crippen molar-refractivity contribution in [1.29, 1.82) is 0 Å². The first kappa shape index (κ1) is 22.6. The van der Waals surface area contributed by atoms with Crippen molar-refractivity contribution >= 4 is 15.9 Å². The van der Waals surface area contributed by atoms with Crippen LogP contribution in [0.15, 0.2) is 47.4 Å². The Morgan fingerprint density at radius 3 is 2.56 bits per heavy atom. The van der Waals surface area contributed by atoms with Crippen molar-refractivity contribution in [3.8, 4) is 11.5 Å². The third-order valence-corrected chi connectivity index (χ3v) is 7.50. The van der Waals surface area contributed by atoms with Crippen LogP contribution in [0.3, 0.4) is 0 Å². The first-order valence-electron chi connectivity index (χ1n) is 11.0. The van der Waals surface area contributed by atoms with Gasteiger partial charge in [0.15, 0.2) is 0 Å². The second-order valence-corrected chi connectivity index (χ2v) is 10.7. The van der Waals surface area contributed by atoms with Crippen LogP contribution in [0, 0.1) is 0 Å². The summed E-state index contributed by atoms with van der Waals surface area (Å²) in [5.41, 5.74) is 0.551. The van der Waals surface area contributed by atoms with Crippen LogP contribution in [0.2, 0.25) is 0 Å². The Kier molecular flexibility index (Phi) is 6.18. The number of para-hydroxylation sites is 1. The summed E-state index contributed by atoms with van der Waals surface area (Å²) in [6.45, 7) is 5.22. The van der Waals surface area contributed by atoms with E-state index in [0.29, 0.717) is 31.0 Å². The van der Waals surface area contributed by atoms with E-state index in [-0.39, 0.29) is 16.4 Å². The van der Waals surface area contributed by atoms with Gasteiger partial charge in [0.05, 0.1) is 23.6 Å². The molecular formula is C24H30N2O5S. The second kappa shape index (κ2) is 8.75. The molecule has 0 bridgehead atoms. The number of methoxy groups -OCH3 is 1. The molecule has 2 heterocycles. The zero-order valence-electron chi connectivity index (χ0n) is 18.8. The quantitative estimate of drug-likeness (QED) is 0.735. The zero-order valence-corrected chi connectivity index (χ0v) is 19.6. The van der Waals surface area contributed by atoms with Crippen molar-refractivity contribution in [3.63, 3.8) is 0 Å². The molecule has 1 amide bonds. The smallest absolute Gasteiger partial charge is 0.257 e. The molecule has 2 aromatic carbocycles. The maximum Gasteiger partial charge on any atom is 0.257 e. The number of carbonyl (C=O) groups excluding carboxylic acids is 1.